The Bertz CT molecular complexity index is 892. The molecule has 2 aliphatic rings. The molecule has 1 saturated heterocycles. The van der Waals surface area contributed by atoms with Crippen molar-refractivity contribution in [3.8, 4) is 0 Å². The lowest BCUT2D eigenvalue weighted by Crippen LogP contribution is -2.29. The number of anilines is 2. The van der Waals surface area contributed by atoms with Crippen molar-refractivity contribution in [2.24, 2.45) is 5.92 Å². The van der Waals surface area contributed by atoms with Crippen LogP contribution in [0.1, 0.15) is 55.5 Å². The minimum Gasteiger partial charge on any atom is -0.326 e. The Morgan fingerprint density at radius 2 is 1.93 bits per heavy atom. The summed E-state index contributed by atoms with van der Waals surface area (Å²) in [6.45, 7) is 4.30. The maximum absolute atomic E-state index is 12.8. The van der Waals surface area contributed by atoms with Crippen molar-refractivity contribution in [1.82, 2.24) is 0 Å². The average molecular weight is 395 g/mol. The van der Waals surface area contributed by atoms with Gasteiger partial charge in [0.05, 0.1) is 5.75 Å². The van der Waals surface area contributed by atoms with Gasteiger partial charge in [-0.15, -0.1) is 11.8 Å². The highest BCUT2D eigenvalue weighted by Gasteiger charge is 2.35. The number of hydrogen-bond donors (Lipinski definition) is 1. The number of carbonyl (C=O) groups is 2. The highest BCUT2D eigenvalue weighted by atomic mass is 32.2. The predicted molar refractivity (Wildman–Crippen MR) is 116 cm³/mol. The van der Waals surface area contributed by atoms with Gasteiger partial charge in [-0.1, -0.05) is 50.6 Å². The van der Waals surface area contributed by atoms with Gasteiger partial charge in [-0.3, -0.25) is 14.5 Å². The molecule has 1 saturated carbocycles. The number of rotatable bonds is 5. The fourth-order valence-electron chi connectivity index (χ4n) is 3.81. The quantitative estimate of drug-likeness (QED) is 0.746. The number of amides is 2. The van der Waals surface area contributed by atoms with Crippen LogP contribution < -0.4 is 10.2 Å². The van der Waals surface area contributed by atoms with E-state index in [4.69, 9.17) is 0 Å². The van der Waals surface area contributed by atoms with Gasteiger partial charge >= 0.3 is 0 Å². The highest BCUT2D eigenvalue weighted by molar-refractivity contribution is 8.00. The SMILES string of the molecule is CC(C)c1ccccc1N1C(=O)CSC1c1cccc(NC(=O)C2CCC2)c1. The summed E-state index contributed by atoms with van der Waals surface area (Å²) in [4.78, 5) is 27.0. The van der Waals surface area contributed by atoms with Crippen LogP contribution in [0.5, 0.6) is 0 Å². The van der Waals surface area contributed by atoms with Crippen molar-refractivity contribution < 1.29 is 9.59 Å². The molecule has 1 unspecified atom stereocenters. The standard InChI is InChI=1S/C23H26N2O2S/c1-15(2)19-11-3-4-12-20(19)25-21(26)14-28-23(25)17-9-6-10-18(13-17)24-22(27)16-7-5-8-16/h3-4,6,9-13,15-16,23H,5,7-8,14H2,1-2H3,(H,24,27). The lowest BCUT2D eigenvalue weighted by Gasteiger charge is -2.28. The van der Waals surface area contributed by atoms with Gasteiger partial charge in [0.25, 0.3) is 0 Å². The molecule has 0 bridgehead atoms. The number of nitrogens with one attached hydrogen (secondary N) is 1. The number of hydrogen-bond acceptors (Lipinski definition) is 3. The van der Waals surface area contributed by atoms with Crippen LogP contribution in [0.25, 0.3) is 0 Å². The van der Waals surface area contributed by atoms with Crippen molar-refractivity contribution in [2.45, 2.75) is 44.4 Å². The summed E-state index contributed by atoms with van der Waals surface area (Å²) in [6, 6.07) is 16.1. The Morgan fingerprint density at radius 3 is 2.64 bits per heavy atom. The summed E-state index contributed by atoms with van der Waals surface area (Å²) in [6.07, 6.45) is 3.11. The number of para-hydroxylation sites is 1. The molecule has 4 rings (SSSR count). The number of carbonyl (C=O) groups excluding carboxylic acids is 2. The lowest BCUT2D eigenvalue weighted by molar-refractivity contribution is -0.122. The first-order valence-electron chi connectivity index (χ1n) is 9.98. The van der Waals surface area contributed by atoms with E-state index in [9.17, 15) is 9.59 Å². The van der Waals surface area contributed by atoms with Crippen LogP contribution >= 0.6 is 11.8 Å². The lowest BCUT2D eigenvalue weighted by atomic mass is 9.85. The van der Waals surface area contributed by atoms with Crippen LogP contribution in [0.3, 0.4) is 0 Å². The van der Waals surface area contributed by atoms with Crippen LogP contribution in [-0.2, 0) is 9.59 Å². The summed E-state index contributed by atoms with van der Waals surface area (Å²) >= 11 is 1.64. The van der Waals surface area contributed by atoms with Gasteiger partial charge in [-0.2, -0.15) is 0 Å². The molecule has 2 fully saturated rings. The van der Waals surface area contributed by atoms with E-state index in [1.165, 1.54) is 5.56 Å². The first-order valence-corrected chi connectivity index (χ1v) is 11.0. The number of benzene rings is 2. The van der Waals surface area contributed by atoms with E-state index < -0.39 is 0 Å². The van der Waals surface area contributed by atoms with Crippen LogP contribution in [0.2, 0.25) is 0 Å². The normalized spacial score (nSPS) is 19.8. The molecule has 1 aliphatic heterocycles. The third-order valence-corrected chi connectivity index (χ3v) is 6.81. The van der Waals surface area contributed by atoms with Crippen molar-refractivity contribution in [3.05, 3.63) is 59.7 Å². The number of nitrogens with zero attached hydrogens (tertiary/aromatic N) is 1. The molecule has 1 N–H and O–H groups in total. The Labute approximate surface area is 170 Å². The topological polar surface area (TPSA) is 49.4 Å². The largest absolute Gasteiger partial charge is 0.326 e. The molecule has 4 nitrogen and oxygen atoms in total. The molecular formula is C23H26N2O2S. The molecule has 0 aromatic heterocycles. The van der Waals surface area contributed by atoms with Crippen LogP contribution in [0, 0.1) is 5.92 Å². The maximum Gasteiger partial charge on any atom is 0.238 e. The van der Waals surface area contributed by atoms with Crippen molar-refractivity contribution in [3.63, 3.8) is 0 Å². The third kappa shape index (κ3) is 3.68. The van der Waals surface area contributed by atoms with E-state index in [1.807, 2.05) is 47.4 Å². The van der Waals surface area contributed by atoms with E-state index in [-0.39, 0.29) is 23.1 Å². The zero-order valence-corrected chi connectivity index (χ0v) is 17.2. The van der Waals surface area contributed by atoms with Crippen molar-refractivity contribution in [1.29, 1.82) is 0 Å². The molecule has 2 aromatic carbocycles. The number of thioether (sulfide) groups is 1. The van der Waals surface area contributed by atoms with Gasteiger partial charge in [-0.25, -0.2) is 0 Å². The molecule has 1 aliphatic carbocycles. The van der Waals surface area contributed by atoms with Crippen LogP contribution in [0.4, 0.5) is 11.4 Å². The summed E-state index contributed by atoms with van der Waals surface area (Å²) in [5, 5.41) is 2.98. The molecule has 1 heterocycles. The smallest absolute Gasteiger partial charge is 0.238 e. The van der Waals surface area contributed by atoms with Gasteiger partial charge in [0.1, 0.15) is 5.37 Å². The van der Waals surface area contributed by atoms with Crippen LogP contribution in [0.15, 0.2) is 48.5 Å². The molecule has 5 heteroatoms. The first kappa shape index (κ1) is 19.1. The predicted octanol–water partition coefficient (Wildman–Crippen LogP) is 5.33. The molecular weight excluding hydrogens is 368 g/mol. The Kier molecular flexibility index (Phi) is 5.44. The van der Waals surface area contributed by atoms with Crippen molar-refractivity contribution in [2.75, 3.05) is 16.0 Å². The molecule has 0 spiro atoms. The molecule has 28 heavy (non-hydrogen) atoms. The first-order chi connectivity index (χ1) is 13.5. The van der Waals surface area contributed by atoms with E-state index in [0.29, 0.717) is 11.7 Å². The third-order valence-electron chi connectivity index (χ3n) is 5.60. The molecule has 2 amide bonds. The van der Waals surface area contributed by atoms with E-state index in [2.05, 4.69) is 25.2 Å². The minimum atomic E-state index is -0.0760. The monoisotopic (exact) mass is 394 g/mol. The van der Waals surface area contributed by atoms with E-state index in [1.54, 1.807) is 11.8 Å². The zero-order chi connectivity index (χ0) is 19.7. The Hall–Kier alpha value is -2.27. The molecule has 1 atom stereocenters. The second-order valence-corrected chi connectivity index (χ2v) is 8.95. The van der Waals surface area contributed by atoms with E-state index >= 15 is 0 Å². The highest BCUT2D eigenvalue weighted by Crippen LogP contribution is 2.44. The minimum absolute atomic E-state index is 0.0760. The summed E-state index contributed by atoms with van der Waals surface area (Å²) in [7, 11) is 0. The fraction of sp³-hybridized carbons (Fsp3) is 0.391. The Balaban J connectivity index is 1.62. The molecule has 146 valence electrons. The zero-order valence-electron chi connectivity index (χ0n) is 16.4. The Morgan fingerprint density at radius 1 is 1.14 bits per heavy atom. The summed E-state index contributed by atoms with van der Waals surface area (Å²) in [5.74, 6) is 1.20. The second kappa shape index (κ2) is 8.00. The second-order valence-electron chi connectivity index (χ2n) is 7.88. The van der Waals surface area contributed by atoms with Gasteiger partial charge in [0.2, 0.25) is 11.8 Å². The van der Waals surface area contributed by atoms with Crippen LogP contribution in [-0.4, -0.2) is 17.6 Å². The summed E-state index contributed by atoms with van der Waals surface area (Å²) in [5.41, 5.74) is 4.02. The van der Waals surface area contributed by atoms with E-state index in [0.717, 1.165) is 36.2 Å². The maximum atomic E-state index is 12.8. The molecule has 2 aromatic rings. The van der Waals surface area contributed by atoms with Gasteiger partial charge < -0.3 is 5.32 Å². The van der Waals surface area contributed by atoms with Gasteiger partial charge in [0, 0.05) is 17.3 Å². The fourth-order valence-corrected chi connectivity index (χ4v) is 4.97. The average Bonchev–Trinajstić information content (AvgIpc) is 3.01. The van der Waals surface area contributed by atoms with Gasteiger partial charge in [0.15, 0.2) is 0 Å². The van der Waals surface area contributed by atoms with Gasteiger partial charge in [-0.05, 0) is 48.1 Å². The van der Waals surface area contributed by atoms with Crippen molar-refractivity contribution >= 4 is 35.0 Å². The molecule has 0 radical (unpaired) electrons. The summed E-state index contributed by atoms with van der Waals surface area (Å²) < 4.78 is 0.